The maximum atomic E-state index is 15.8. The van der Waals surface area contributed by atoms with E-state index in [-0.39, 0.29) is 70.7 Å². The molecule has 0 amide bonds. The summed E-state index contributed by atoms with van der Waals surface area (Å²) in [5, 5.41) is 3.46. The summed E-state index contributed by atoms with van der Waals surface area (Å²) in [7, 11) is 1.25. The second-order valence-corrected chi connectivity index (χ2v) is 12.4. The third-order valence-corrected chi connectivity index (χ3v) is 9.68. The monoisotopic (exact) mass is 720 g/mol. The van der Waals surface area contributed by atoms with E-state index in [4.69, 9.17) is 14.2 Å². The number of carbonyl (C=O) groups excluding carboxylic acids is 1. The van der Waals surface area contributed by atoms with Crippen molar-refractivity contribution in [2.24, 2.45) is 0 Å². The van der Waals surface area contributed by atoms with Crippen LogP contribution in [-0.4, -0.2) is 49.8 Å². The summed E-state index contributed by atoms with van der Waals surface area (Å²) in [5.74, 6) is -3.11. The molecule has 5 rings (SSSR count). The van der Waals surface area contributed by atoms with Crippen LogP contribution in [0.2, 0.25) is 0 Å². The van der Waals surface area contributed by atoms with Gasteiger partial charge in [0.05, 0.1) is 48.6 Å². The van der Waals surface area contributed by atoms with Gasteiger partial charge in [0.15, 0.2) is 11.6 Å². The number of hydrogen-bond donors (Lipinski definition) is 1. The third kappa shape index (κ3) is 7.57. The van der Waals surface area contributed by atoms with E-state index in [1.165, 1.54) is 55.0 Å². The van der Waals surface area contributed by atoms with Crippen molar-refractivity contribution < 1.29 is 45.3 Å². The SMILES string of the molecule is CCOC(=O)COCCNC(c1ccccc1F)C1CSc2c(Cc3c(F)cccc3C(F)(F)F)c(C)c(-c3cccc(OC)c3F)c(=O)n21. The largest absolute Gasteiger partial charge is 0.494 e. The zero-order chi connectivity index (χ0) is 36.2. The van der Waals surface area contributed by atoms with Gasteiger partial charge in [-0.3, -0.25) is 9.36 Å². The molecular weight excluding hydrogens is 686 g/mol. The lowest BCUT2D eigenvalue weighted by molar-refractivity contribution is -0.148. The minimum atomic E-state index is -4.88. The fourth-order valence-electron chi connectivity index (χ4n) is 6.16. The average molecular weight is 721 g/mol. The van der Waals surface area contributed by atoms with Crippen LogP contribution in [0.15, 0.2) is 70.5 Å². The molecule has 0 spiro atoms. The number of aromatic nitrogens is 1. The number of hydrogen-bond acceptors (Lipinski definition) is 7. The quantitative estimate of drug-likeness (QED) is 0.0876. The summed E-state index contributed by atoms with van der Waals surface area (Å²) in [4.78, 5) is 26.3. The van der Waals surface area contributed by atoms with Crippen molar-refractivity contribution in [1.29, 1.82) is 0 Å². The number of benzene rings is 3. The molecule has 14 heteroatoms. The number of esters is 1. The maximum Gasteiger partial charge on any atom is 0.416 e. The Kier molecular flexibility index (Phi) is 11.6. The molecule has 2 atom stereocenters. The molecule has 1 N–H and O–H groups in total. The van der Waals surface area contributed by atoms with E-state index in [0.29, 0.717) is 0 Å². The first-order valence-electron chi connectivity index (χ1n) is 15.7. The third-order valence-electron chi connectivity index (χ3n) is 8.45. The number of nitrogens with zero attached hydrogens (tertiary/aromatic N) is 1. The summed E-state index contributed by atoms with van der Waals surface area (Å²) >= 11 is 1.15. The highest BCUT2D eigenvalue weighted by Gasteiger charge is 2.39. The molecule has 1 aromatic heterocycles. The van der Waals surface area contributed by atoms with E-state index >= 15 is 13.2 Å². The first-order valence-corrected chi connectivity index (χ1v) is 16.7. The van der Waals surface area contributed by atoms with Crippen LogP contribution in [-0.2, 0) is 26.9 Å². The van der Waals surface area contributed by atoms with Crippen molar-refractivity contribution in [3.05, 3.63) is 116 Å². The summed E-state index contributed by atoms with van der Waals surface area (Å²) in [6, 6.07) is 11.0. The lowest BCUT2D eigenvalue weighted by atomic mass is 9.91. The summed E-state index contributed by atoms with van der Waals surface area (Å²) in [6.07, 6.45) is -5.45. The predicted molar refractivity (Wildman–Crippen MR) is 176 cm³/mol. The molecule has 7 nitrogen and oxygen atoms in total. The molecule has 1 aliphatic heterocycles. The minimum Gasteiger partial charge on any atom is -0.494 e. The molecule has 0 saturated carbocycles. The summed E-state index contributed by atoms with van der Waals surface area (Å²) in [5.41, 5.74) is -2.25. The van der Waals surface area contributed by atoms with Crippen LogP contribution in [0.5, 0.6) is 5.75 Å². The standard InChI is InChI=1S/C36H34F6N2O5S/c1-4-49-30(45)18-48-16-15-43-33(21-9-5-6-12-26(21)37)28-19-50-35-23(17-24-25(36(40,41)42)11-8-13-27(24)38)20(2)31(34(46)44(28)35)22-10-7-14-29(47-3)32(22)39/h5-14,28,33,43H,4,15-19H2,1-3H3. The number of thioether (sulfide) groups is 1. The fraction of sp³-hybridized carbons (Fsp3) is 0.333. The highest BCUT2D eigenvalue weighted by molar-refractivity contribution is 7.99. The van der Waals surface area contributed by atoms with Crippen molar-refractivity contribution in [2.45, 2.75) is 43.6 Å². The molecule has 266 valence electrons. The molecule has 4 aromatic rings. The van der Waals surface area contributed by atoms with Crippen LogP contribution in [0.25, 0.3) is 11.1 Å². The van der Waals surface area contributed by atoms with Crippen LogP contribution >= 0.6 is 11.8 Å². The van der Waals surface area contributed by atoms with Crippen LogP contribution in [0, 0.1) is 24.4 Å². The Labute approximate surface area is 288 Å². The maximum absolute atomic E-state index is 15.8. The Bertz CT molecular complexity index is 1930. The van der Waals surface area contributed by atoms with Crippen LogP contribution < -0.4 is 15.6 Å². The molecule has 0 bridgehead atoms. The van der Waals surface area contributed by atoms with E-state index in [9.17, 15) is 22.8 Å². The molecule has 3 aromatic carbocycles. The Morgan fingerprint density at radius 3 is 2.44 bits per heavy atom. The van der Waals surface area contributed by atoms with Crippen molar-refractivity contribution in [1.82, 2.24) is 9.88 Å². The molecule has 2 unspecified atom stereocenters. The zero-order valence-corrected chi connectivity index (χ0v) is 28.2. The van der Waals surface area contributed by atoms with E-state index in [0.717, 1.165) is 30.0 Å². The number of alkyl halides is 3. The summed E-state index contributed by atoms with van der Waals surface area (Å²) in [6.45, 7) is 3.13. The van der Waals surface area contributed by atoms with Crippen molar-refractivity contribution in [2.75, 3.05) is 39.2 Å². The Hall–Kier alpha value is -4.27. The van der Waals surface area contributed by atoms with Gasteiger partial charge < -0.3 is 19.5 Å². The van der Waals surface area contributed by atoms with Gasteiger partial charge in [-0.05, 0) is 49.2 Å². The number of carbonyl (C=O) groups is 1. The number of halogens is 6. The zero-order valence-electron chi connectivity index (χ0n) is 27.3. The predicted octanol–water partition coefficient (Wildman–Crippen LogP) is 7.42. The molecule has 0 fully saturated rings. The number of pyridine rings is 1. The molecule has 2 heterocycles. The smallest absolute Gasteiger partial charge is 0.416 e. The first-order chi connectivity index (χ1) is 23.9. The average Bonchev–Trinajstić information content (AvgIpc) is 3.51. The number of nitrogens with one attached hydrogen (secondary N) is 1. The fourth-order valence-corrected chi connectivity index (χ4v) is 7.59. The minimum absolute atomic E-state index is 0.0122. The van der Waals surface area contributed by atoms with Crippen LogP contribution in [0.3, 0.4) is 0 Å². The molecule has 0 radical (unpaired) electrons. The first kappa shape index (κ1) is 37.0. The highest BCUT2D eigenvalue weighted by Crippen LogP contribution is 2.45. The molecule has 0 aliphatic carbocycles. The lowest BCUT2D eigenvalue weighted by Gasteiger charge is -2.28. The van der Waals surface area contributed by atoms with Crippen molar-refractivity contribution in [3.8, 4) is 16.9 Å². The number of methoxy groups -OCH3 is 1. The van der Waals surface area contributed by atoms with Gasteiger partial charge in [0.2, 0.25) is 0 Å². The Morgan fingerprint density at radius 1 is 1.02 bits per heavy atom. The van der Waals surface area contributed by atoms with Gasteiger partial charge in [-0.2, -0.15) is 13.2 Å². The number of fused-ring (bicyclic) bond motifs is 1. The highest BCUT2D eigenvalue weighted by atomic mass is 32.2. The molecule has 1 aliphatic rings. The lowest BCUT2D eigenvalue weighted by Crippen LogP contribution is -2.38. The second-order valence-electron chi connectivity index (χ2n) is 11.4. The van der Waals surface area contributed by atoms with E-state index in [1.807, 2.05) is 0 Å². The Balaban J connectivity index is 1.68. The van der Waals surface area contributed by atoms with Gasteiger partial charge in [0, 0.05) is 35.4 Å². The molecule has 50 heavy (non-hydrogen) atoms. The van der Waals surface area contributed by atoms with Crippen LogP contribution in [0.4, 0.5) is 26.3 Å². The van der Waals surface area contributed by atoms with Crippen molar-refractivity contribution in [3.63, 3.8) is 0 Å². The van der Waals surface area contributed by atoms with E-state index < -0.39 is 64.8 Å². The number of rotatable bonds is 13. The normalized spacial score (nSPS) is 14.8. The van der Waals surface area contributed by atoms with E-state index in [2.05, 4.69) is 5.32 Å². The van der Waals surface area contributed by atoms with Crippen LogP contribution in [0.1, 0.15) is 46.8 Å². The van der Waals surface area contributed by atoms with E-state index in [1.54, 1.807) is 13.0 Å². The van der Waals surface area contributed by atoms with Gasteiger partial charge in [-0.15, -0.1) is 11.8 Å². The molecule has 0 saturated heterocycles. The van der Waals surface area contributed by atoms with Gasteiger partial charge in [0.1, 0.15) is 18.2 Å². The molecular formula is C36H34F6N2O5S. The topological polar surface area (TPSA) is 78.8 Å². The Morgan fingerprint density at radius 2 is 1.74 bits per heavy atom. The second kappa shape index (κ2) is 15.7. The van der Waals surface area contributed by atoms with Gasteiger partial charge in [-0.1, -0.05) is 36.4 Å². The number of ether oxygens (including phenoxy) is 3. The van der Waals surface area contributed by atoms with Gasteiger partial charge >= 0.3 is 12.1 Å². The van der Waals surface area contributed by atoms with Crippen molar-refractivity contribution >= 4 is 17.7 Å². The summed E-state index contributed by atoms with van der Waals surface area (Å²) < 4.78 is 106. The van der Waals surface area contributed by atoms with Gasteiger partial charge in [-0.25, -0.2) is 18.0 Å². The van der Waals surface area contributed by atoms with Gasteiger partial charge in [0.25, 0.3) is 5.56 Å².